The minimum Gasteiger partial charge on any atom is -0.459 e. The average molecular weight is 258 g/mol. The summed E-state index contributed by atoms with van der Waals surface area (Å²) in [5, 5.41) is 18.9. The molecule has 2 aliphatic heterocycles. The van der Waals surface area contributed by atoms with Gasteiger partial charge in [-0.15, -0.1) is 0 Å². The number of aliphatic imine (C=N–C) groups is 1. The van der Waals surface area contributed by atoms with Gasteiger partial charge in [-0.3, -0.25) is 0 Å². The second-order valence-corrected chi connectivity index (χ2v) is 5.37. The highest BCUT2D eigenvalue weighted by atomic mass is 19.1. The molecule has 1 saturated heterocycles. The lowest BCUT2D eigenvalue weighted by Gasteiger charge is -2.35. The van der Waals surface area contributed by atoms with Crippen LogP contribution in [0.1, 0.15) is 19.3 Å². The van der Waals surface area contributed by atoms with Gasteiger partial charge in [-0.05, 0) is 19.3 Å². The summed E-state index contributed by atoms with van der Waals surface area (Å²) in [5.74, 6) is -0.450. The zero-order chi connectivity index (χ0) is 12.7. The van der Waals surface area contributed by atoms with Crippen molar-refractivity contribution in [2.75, 3.05) is 19.7 Å². The molecule has 18 heavy (non-hydrogen) atoms. The lowest BCUT2D eigenvalue weighted by atomic mass is 9.81. The third-order valence-corrected chi connectivity index (χ3v) is 4.18. The van der Waals surface area contributed by atoms with Gasteiger partial charge >= 0.3 is 0 Å². The molecule has 2 N–H and O–H groups in total. The fourth-order valence-corrected chi connectivity index (χ4v) is 3.06. The molecule has 0 bridgehead atoms. The summed E-state index contributed by atoms with van der Waals surface area (Å²) in [6, 6.07) is -0.0886. The topological polar surface area (TPSA) is 65.3 Å². The summed E-state index contributed by atoms with van der Waals surface area (Å²) >= 11 is 0. The zero-order valence-electron chi connectivity index (χ0n) is 10.2. The van der Waals surface area contributed by atoms with Gasteiger partial charge in [-0.25, -0.2) is 9.38 Å². The summed E-state index contributed by atoms with van der Waals surface area (Å²) in [6.07, 6.45) is -0.236. The number of ether oxygens (including phenoxy) is 1. The number of nitrogens with zero attached hydrogens (tertiary/aromatic N) is 2. The Bertz CT molecular complexity index is 346. The molecule has 5 nitrogen and oxygen atoms in total. The van der Waals surface area contributed by atoms with Crippen LogP contribution in [-0.4, -0.2) is 65.3 Å². The zero-order valence-corrected chi connectivity index (χ0v) is 10.2. The first-order valence-electron chi connectivity index (χ1n) is 6.63. The van der Waals surface area contributed by atoms with Crippen LogP contribution in [0.2, 0.25) is 0 Å². The van der Waals surface area contributed by atoms with E-state index in [1.165, 1.54) is 0 Å². The lowest BCUT2D eigenvalue weighted by molar-refractivity contribution is -0.0641. The van der Waals surface area contributed by atoms with Crippen LogP contribution in [0.4, 0.5) is 4.39 Å². The quantitative estimate of drug-likeness (QED) is 0.690. The molecular formula is C12H19FN2O3. The average Bonchev–Trinajstić information content (AvgIpc) is 3.01. The second-order valence-electron chi connectivity index (χ2n) is 5.37. The number of likely N-dealkylation sites (tertiary alicyclic amines) is 1. The molecule has 102 valence electrons. The van der Waals surface area contributed by atoms with Crippen molar-refractivity contribution in [3.8, 4) is 0 Å². The van der Waals surface area contributed by atoms with Crippen molar-refractivity contribution in [2.45, 2.75) is 43.7 Å². The molecule has 5 atom stereocenters. The van der Waals surface area contributed by atoms with E-state index < -0.39 is 24.2 Å². The Hall–Kier alpha value is -0.880. The molecule has 0 radical (unpaired) electrons. The fraction of sp³-hybridized carbons (Fsp3) is 0.917. The van der Waals surface area contributed by atoms with Crippen molar-refractivity contribution >= 4 is 6.02 Å². The Morgan fingerprint density at radius 2 is 2.11 bits per heavy atom. The van der Waals surface area contributed by atoms with Crippen molar-refractivity contribution in [3.05, 3.63) is 0 Å². The first kappa shape index (κ1) is 12.2. The van der Waals surface area contributed by atoms with Gasteiger partial charge in [0.2, 0.25) is 0 Å². The Morgan fingerprint density at radius 1 is 1.39 bits per heavy atom. The molecule has 0 aromatic rings. The van der Waals surface area contributed by atoms with Gasteiger partial charge in [0.1, 0.15) is 12.1 Å². The van der Waals surface area contributed by atoms with Gasteiger partial charge in [0.15, 0.2) is 6.17 Å². The van der Waals surface area contributed by atoms with Crippen LogP contribution >= 0.6 is 0 Å². The minimum absolute atomic E-state index is 0.215. The predicted molar refractivity (Wildman–Crippen MR) is 63.0 cm³/mol. The smallest absolute Gasteiger partial charge is 0.288 e. The summed E-state index contributed by atoms with van der Waals surface area (Å²) in [4.78, 5) is 6.33. The van der Waals surface area contributed by atoms with Crippen LogP contribution in [0.5, 0.6) is 0 Å². The number of alkyl halides is 1. The van der Waals surface area contributed by atoms with Gasteiger partial charge < -0.3 is 19.8 Å². The maximum Gasteiger partial charge on any atom is 0.288 e. The third kappa shape index (κ3) is 1.87. The fourth-order valence-electron chi connectivity index (χ4n) is 3.06. The van der Waals surface area contributed by atoms with E-state index >= 15 is 0 Å². The summed E-state index contributed by atoms with van der Waals surface area (Å²) in [5.41, 5.74) is 0. The van der Waals surface area contributed by atoms with E-state index in [0.717, 1.165) is 25.9 Å². The Morgan fingerprint density at radius 3 is 2.78 bits per heavy atom. The number of hydrogen-bond acceptors (Lipinski definition) is 5. The standard InChI is InChI=1S/C12H19FN2O3/c13-9-10-8(5-7(6-16)11(9)17)18-12(14-10)15-3-1-2-4-15/h7-11,16-17H,1-6H2. The van der Waals surface area contributed by atoms with Crippen LogP contribution in [0.15, 0.2) is 4.99 Å². The molecule has 1 saturated carbocycles. The first-order chi connectivity index (χ1) is 8.70. The van der Waals surface area contributed by atoms with E-state index in [4.69, 9.17) is 9.84 Å². The molecule has 6 heteroatoms. The number of halogens is 1. The van der Waals surface area contributed by atoms with Gasteiger partial charge in [0, 0.05) is 25.6 Å². The highest BCUT2D eigenvalue weighted by Crippen LogP contribution is 2.35. The van der Waals surface area contributed by atoms with Crippen molar-refractivity contribution in [1.82, 2.24) is 4.90 Å². The normalized spacial score (nSPS) is 43.6. The second kappa shape index (κ2) is 4.66. The van der Waals surface area contributed by atoms with E-state index in [2.05, 4.69) is 4.99 Å². The highest BCUT2D eigenvalue weighted by molar-refractivity contribution is 5.76. The molecule has 0 aromatic heterocycles. The molecule has 0 spiro atoms. The van der Waals surface area contributed by atoms with E-state index in [9.17, 15) is 9.50 Å². The van der Waals surface area contributed by atoms with E-state index in [-0.39, 0.29) is 12.7 Å². The predicted octanol–water partition coefficient (Wildman–Crippen LogP) is -0.0832. The van der Waals surface area contributed by atoms with Crippen LogP contribution in [0, 0.1) is 5.92 Å². The molecule has 2 fully saturated rings. The molecule has 0 aromatic carbocycles. The van der Waals surface area contributed by atoms with Crippen LogP contribution < -0.4 is 0 Å². The Balaban J connectivity index is 1.74. The lowest BCUT2D eigenvalue weighted by Crippen LogP contribution is -2.50. The number of rotatable bonds is 1. The number of aliphatic hydroxyl groups is 2. The van der Waals surface area contributed by atoms with Crippen LogP contribution in [0.3, 0.4) is 0 Å². The van der Waals surface area contributed by atoms with Gasteiger partial charge in [-0.1, -0.05) is 0 Å². The maximum atomic E-state index is 14.1. The Labute approximate surface area is 105 Å². The molecule has 2 heterocycles. The van der Waals surface area contributed by atoms with Gasteiger partial charge in [-0.2, -0.15) is 0 Å². The summed E-state index contributed by atoms with van der Waals surface area (Å²) < 4.78 is 19.8. The molecule has 0 amide bonds. The van der Waals surface area contributed by atoms with Crippen molar-refractivity contribution < 1.29 is 19.3 Å². The SMILES string of the molecule is OCC1CC2OC(N3CCCC3)=NC2C(F)C1O. The Kier molecular flexibility index (Phi) is 3.15. The molecule has 3 rings (SSSR count). The molecule has 1 aliphatic carbocycles. The van der Waals surface area contributed by atoms with Crippen LogP contribution in [-0.2, 0) is 4.74 Å². The van der Waals surface area contributed by atoms with Gasteiger partial charge in [0.05, 0.1) is 6.10 Å². The number of hydrogen-bond donors (Lipinski definition) is 2. The number of fused-ring (bicyclic) bond motifs is 1. The third-order valence-electron chi connectivity index (χ3n) is 4.18. The van der Waals surface area contributed by atoms with Gasteiger partial charge in [0.25, 0.3) is 6.02 Å². The highest BCUT2D eigenvalue weighted by Gasteiger charge is 2.49. The molecule has 5 unspecified atom stereocenters. The molecular weight excluding hydrogens is 239 g/mol. The largest absolute Gasteiger partial charge is 0.459 e. The van der Waals surface area contributed by atoms with Crippen molar-refractivity contribution in [3.63, 3.8) is 0 Å². The number of aliphatic hydroxyl groups excluding tert-OH is 2. The van der Waals surface area contributed by atoms with E-state index in [0.29, 0.717) is 12.4 Å². The maximum absolute atomic E-state index is 14.1. The van der Waals surface area contributed by atoms with E-state index in [1.807, 2.05) is 4.90 Å². The minimum atomic E-state index is -1.44. The first-order valence-corrected chi connectivity index (χ1v) is 6.63. The van der Waals surface area contributed by atoms with Crippen molar-refractivity contribution in [2.24, 2.45) is 10.9 Å². The monoisotopic (exact) mass is 258 g/mol. The van der Waals surface area contributed by atoms with Crippen molar-refractivity contribution in [1.29, 1.82) is 0 Å². The molecule has 3 aliphatic rings. The summed E-state index contributed by atoms with van der Waals surface area (Å²) in [7, 11) is 0. The van der Waals surface area contributed by atoms with Crippen LogP contribution in [0.25, 0.3) is 0 Å². The van der Waals surface area contributed by atoms with E-state index in [1.54, 1.807) is 0 Å². The summed E-state index contributed by atoms with van der Waals surface area (Å²) in [6.45, 7) is 1.59. The number of amidine groups is 1.